The number of ether oxygens (including phenoxy) is 1. The van der Waals surface area contributed by atoms with Crippen LogP contribution >= 0.6 is 11.3 Å². The monoisotopic (exact) mass is 528 g/mol. The number of H-pyrrole nitrogens is 1. The number of benzene rings is 2. The second kappa shape index (κ2) is 11.3. The molecule has 5 aromatic rings. The SMILES string of the molecule is CC[C@H](c1nnnn1Cc1ccc(OC)cc1)N(Cc1cccs1)Cc1cc2ccc(C)c(C)c2[nH]c1=O. The van der Waals surface area contributed by atoms with Gasteiger partial charge in [-0.3, -0.25) is 9.69 Å². The third-order valence-corrected chi connectivity index (χ3v) is 7.98. The van der Waals surface area contributed by atoms with Gasteiger partial charge >= 0.3 is 0 Å². The third-order valence-electron chi connectivity index (χ3n) is 7.12. The number of methoxy groups -OCH3 is 1. The summed E-state index contributed by atoms with van der Waals surface area (Å²) >= 11 is 1.71. The van der Waals surface area contributed by atoms with Gasteiger partial charge in [0.15, 0.2) is 5.82 Å². The smallest absolute Gasteiger partial charge is 0.252 e. The molecule has 0 radical (unpaired) electrons. The predicted molar refractivity (Wildman–Crippen MR) is 151 cm³/mol. The van der Waals surface area contributed by atoms with Crippen LogP contribution in [0.2, 0.25) is 0 Å². The van der Waals surface area contributed by atoms with Gasteiger partial charge in [-0.15, -0.1) is 16.4 Å². The molecule has 1 N–H and O–H groups in total. The first-order chi connectivity index (χ1) is 18.5. The molecule has 3 aromatic heterocycles. The normalized spacial score (nSPS) is 12.3. The molecule has 9 heteroatoms. The van der Waals surface area contributed by atoms with Gasteiger partial charge in [0.2, 0.25) is 0 Å². The van der Waals surface area contributed by atoms with Crippen molar-refractivity contribution in [2.24, 2.45) is 0 Å². The Balaban J connectivity index is 1.49. The maximum absolute atomic E-state index is 13.3. The molecule has 1 atom stereocenters. The first kappa shape index (κ1) is 25.8. The minimum absolute atomic E-state index is 0.0601. The zero-order valence-corrected chi connectivity index (χ0v) is 23.0. The van der Waals surface area contributed by atoms with Crippen LogP contribution in [0.1, 0.15) is 52.3 Å². The maximum atomic E-state index is 13.3. The number of thiophene rings is 1. The number of pyridine rings is 1. The molecular weight excluding hydrogens is 496 g/mol. The van der Waals surface area contributed by atoms with E-state index in [1.54, 1.807) is 18.4 Å². The number of aromatic nitrogens is 5. The average molecular weight is 529 g/mol. The van der Waals surface area contributed by atoms with Crippen LogP contribution in [-0.4, -0.2) is 37.2 Å². The largest absolute Gasteiger partial charge is 0.497 e. The van der Waals surface area contributed by atoms with Crippen molar-refractivity contribution in [1.29, 1.82) is 0 Å². The fourth-order valence-electron chi connectivity index (χ4n) is 4.86. The van der Waals surface area contributed by atoms with Gasteiger partial charge in [0.25, 0.3) is 5.56 Å². The fraction of sp³-hybridized carbons (Fsp3) is 0.310. The number of hydrogen-bond acceptors (Lipinski definition) is 7. The lowest BCUT2D eigenvalue weighted by atomic mass is 10.0. The van der Waals surface area contributed by atoms with E-state index >= 15 is 0 Å². The number of nitrogens with zero attached hydrogens (tertiary/aromatic N) is 5. The number of nitrogens with one attached hydrogen (secondary N) is 1. The van der Waals surface area contributed by atoms with E-state index in [1.165, 1.54) is 4.88 Å². The summed E-state index contributed by atoms with van der Waals surface area (Å²) in [5.74, 6) is 1.59. The average Bonchev–Trinajstić information content (AvgIpc) is 3.61. The van der Waals surface area contributed by atoms with Crippen molar-refractivity contribution in [3.63, 3.8) is 0 Å². The lowest BCUT2D eigenvalue weighted by Crippen LogP contribution is -2.32. The Labute approximate surface area is 225 Å². The summed E-state index contributed by atoms with van der Waals surface area (Å²) < 4.78 is 7.14. The summed E-state index contributed by atoms with van der Waals surface area (Å²) in [5.41, 5.74) is 4.91. The number of aryl methyl sites for hydroxylation is 2. The fourth-order valence-corrected chi connectivity index (χ4v) is 5.59. The Morgan fingerprint density at radius 1 is 1.11 bits per heavy atom. The quantitative estimate of drug-likeness (QED) is 0.261. The topological polar surface area (TPSA) is 88.9 Å². The van der Waals surface area contributed by atoms with Gasteiger partial charge in [-0.2, -0.15) is 0 Å². The minimum atomic E-state index is -0.0831. The van der Waals surface area contributed by atoms with Crippen LogP contribution in [0.4, 0.5) is 0 Å². The number of rotatable bonds is 10. The van der Waals surface area contributed by atoms with Gasteiger partial charge in [0.05, 0.1) is 25.2 Å². The van der Waals surface area contributed by atoms with Crippen LogP contribution in [0.25, 0.3) is 10.9 Å². The molecular formula is C29H32N6O2S. The van der Waals surface area contributed by atoms with Crippen molar-refractivity contribution in [3.8, 4) is 5.75 Å². The molecule has 0 spiro atoms. The molecule has 0 aliphatic rings. The van der Waals surface area contributed by atoms with Crippen molar-refractivity contribution >= 4 is 22.2 Å². The number of hydrogen-bond donors (Lipinski definition) is 1. The van der Waals surface area contributed by atoms with E-state index in [2.05, 4.69) is 68.9 Å². The van der Waals surface area contributed by atoms with Crippen molar-refractivity contribution in [2.45, 2.75) is 52.9 Å². The number of tetrazole rings is 1. The highest BCUT2D eigenvalue weighted by molar-refractivity contribution is 7.09. The Hall–Kier alpha value is -3.82. The van der Waals surface area contributed by atoms with E-state index in [-0.39, 0.29) is 11.6 Å². The van der Waals surface area contributed by atoms with Crippen molar-refractivity contribution in [1.82, 2.24) is 30.1 Å². The van der Waals surface area contributed by atoms with Gasteiger partial charge in [-0.25, -0.2) is 4.68 Å². The van der Waals surface area contributed by atoms with Crippen LogP contribution in [0.5, 0.6) is 5.75 Å². The lowest BCUT2D eigenvalue weighted by Gasteiger charge is -2.30. The summed E-state index contributed by atoms with van der Waals surface area (Å²) in [6.45, 7) is 7.96. The van der Waals surface area contributed by atoms with E-state index in [0.717, 1.165) is 51.2 Å². The van der Waals surface area contributed by atoms with Crippen LogP contribution in [0, 0.1) is 13.8 Å². The predicted octanol–water partition coefficient (Wildman–Crippen LogP) is 5.40. The molecule has 0 amide bonds. The Morgan fingerprint density at radius 2 is 1.92 bits per heavy atom. The summed E-state index contributed by atoms with van der Waals surface area (Å²) in [4.78, 5) is 19.9. The maximum Gasteiger partial charge on any atom is 0.252 e. The minimum Gasteiger partial charge on any atom is -0.497 e. The summed E-state index contributed by atoms with van der Waals surface area (Å²) in [7, 11) is 1.66. The van der Waals surface area contributed by atoms with Gasteiger partial charge in [-0.1, -0.05) is 37.3 Å². The van der Waals surface area contributed by atoms with Crippen LogP contribution in [-0.2, 0) is 19.6 Å². The van der Waals surface area contributed by atoms with E-state index in [0.29, 0.717) is 19.6 Å². The molecule has 0 saturated carbocycles. The highest BCUT2D eigenvalue weighted by Gasteiger charge is 2.26. The summed E-state index contributed by atoms with van der Waals surface area (Å²) in [5, 5.41) is 15.9. The third kappa shape index (κ3) is 5.39. The van der Waals surface area contributed by atoms with Crippen LogP contribution in [0.3, 0.4) is 0 Å². The van der Waals surface area contributed by atoms with E-state index in [4.69, 9.17) is 4.74 Å². The van der Waals surface area contributed by atoms with Crippen LogP contribution < -0.4 is 10.3 Å². The van der Waals surface area contributed by atoms with E-state index in [9.17, 15) is 4.79 Å². The van der Waals surface area contributed by atoms with Crippen molar-refractivity contribution < 1.29 is 4.74 Å². The molecule has 196 valence electrons. The molecule has 0 bridgehead atoms. The van der Waals surface area contributed by atoms with E-state index in [1.807, 2.05) is 41.9 Å². The highest BCUT2D eigenvalue weighted by Crippen LogP contribution is 2.28. The molecule has 0 saturated heterocycles. The highest BCUT2D eigenvalue weighted by atomic mass is 32.1. The first-order valence-electron chi connectivity index (χ1n) is 12.7. The van der Waals surface area contributed by atoms with Gasteiger partial charge < -0.3 is 9.72 Å². The summed E-state index contributed by atoms with van der Waals surface area (Å²) in [6, 6.07) is 18.2. The zero-order valence-electron chi connectivity index (χ0n) is 22.1. The molecule has 0 unspecified atom stereocenters. The van der Waals surface area contributed by atoms with Crippen molar-refractivity contribution in [3.05, 3.63) is 103 Å². The molecule has 5 rings (SSSR count). The number of fused-ring (bicyclic) bond motifs is 1. The number of aromatic amines is 1. The second-order valence-corrected chi connectivity index (χ2v) is 10.6. The Bertz CT molecular complexity index is 1570. The zero-order chi connectivity index (χ0) is 26.6. The Kier molecular flexibility index (Phi) is 7.67. The molecule has 3 heterocycles. The van der Waals surface area contributed by atoms with E-state index < -0.39 is 0 Å². The van der Waals surface area contributed by atoms with Crippen molar-refractivity contribution in [2.75, 3.05) is 7.11 Å². The standard InChI is InChI=1S/C29H32N6O2S/c1-5-26(28-31-32-33-35(28)16-21-9-12-24(37-4)13-10-21)34(18-25-7-6-14-38-25)17-23-15-22-11-8-19(2)20(3)27(22)30-29(23)36/h6-15,26H,5,16-18H2,1-4H3,(H,30,36)/t26-/m1/s1. The molecule has 0 aliphatic heterocycles. The van der Waals surface area contributed by atoms with Crippen LogP contribution in [0.15, 0.2) is 64.8 Å². The molecule has 0 aliphatic carbocycles. The Morgan fingerprint density at radius 3 is 2.63 bits per heavy atom. The first-order valence-corrected chi connectivity index (χ1v) is 13.6. The molecule has 2 aromatic carbocycles. The van der Waals surface area contributed by atoms with Gasteiger partial charge in [-0.05, 0) is 82.4 Å². The van der Waals surface area contributed by atoms with Gasteiger partial charge in [0.1, 0.15) is 5.75 Å². The van der Waals surface area contributed by atoms with Gasteiger partial charge in [0, 0.05) is 23.5 Å². The lowest BCUT2D eigenvalue weighted by molar-refractivity contribution is 0.163. The molecule has 0 fully saturated rings. The molecule has 8 nitrogen and oxygen atoms in total. The second-order valence-electron chi connectivity index (χ2n) is 9.55. The summed E-state index contributed by atoms with van der Waals surface area (Å²) in [6.07, 6.45) is 0.790. The molecule has 38 heavy (non-hydrogen) atoms.